The number of hydrogen-bond acceptors (Lipinski definition) is 4. The number of carbonyl (C=O) groups is 2. The molecule has 6 nitrogen and oxygen atoms in total. The third kappa shape index (κ3) is 7.17. The quantitative estimate of drug-likeness (QED) is 0.306. The molecule has 5 rings (SSSR count). The van der Waals surface area contributed by atoms with Crippen LogP contribution in [0, 0.1) is 5.92 Å². The maximum absolute atomic E-state index is 13.3. The minimum Gasteiger partial charge on any atom is -0.445 e. The summed E-state index contributed by atoms with van der Waals surface area (Å²) >= 11 is 0. The van der Waals surface area contributed by atoms with Crippen molar-refractivity contribution in [2.45, 2.75) is 57.2 Å². The summed E-state index contributed by atoms with van der Waals surface area (Å²) in [6.45, 7) is 5.94. The number of carbonyl (C=O) groups excluding carboxylic acids is 2. The molecule has 0 spiro atoms. The van der Waals surface area contributed by atoms with Gasteiger partial charge in [0.2, 0.25) is 0 Å². The molecule has 0 bridgehead atoms. The summed E-state index contributed by atoms with van der Waals surface area (Å²) in [7, 11) is 1.96. The van der Waals surface area contributed by atoms with Gasteiger partial charge in [-0.1, -0.05) is 78.9 Å². The molecule has 6 heteroatoms. The van der Waals surface area contributed by atoms with Crippen molar-refractivity contribution < 1.29 is 14.3 Å². The van der Waals surface area contributed by atoms with E-state index < -0.39 is 0 Å². The Balaban J connectivity index is 1.19. The van der Waals surface area contributed by atoms with Crippen LogP contribution in [0.15, 0.2) is 91.0 Å². The van der Waals surface area contributed by atoms with Crippen molar-refractivity contribution in [1.29, 1.82) is 0 Å². The molecular weight excluding hydrogens is 510 g/mol. The van der Waals surface area contributed by atoms with Gasteiger partial charge in [0.15, 0.2) is 0 Å². The topological polar surface area (TPSA) is 53.1 Å². The second-order valence-corrected chi connectivity index (χ2v) is 11.5. The largest absolute Gasteiger partial charge is 0.445 e. The first kappa shape index (κ1) is 28.9. The third-order valence-electron chi connectivity index (χ3n) is 9.06. The molecule has 41 heavy (non-hydrogen) atoms. The Bertz CT molecular complexity index is 1250. The predicted molar refractivity (Wildman–Crippen MR) is 163 cm³/mol. The lowest BCUT2D eigenvalue weighted by Gasteiger charge is -2.39. The van der Waals surface area contributed by atoms with Gasteiger partial charge < -0.3 is 19.4 Å². The van der Waals surface area contributed by atoms with Crippen molar-refractivity contribution in [3.05, 3.63) is 108 Å². The van der Waals surface area contributed by atoms with Crippen molar-refractivity contribution >= 4 is 12.0 Å². The van der Waals surface area contributed by atoms with Crippen LogP contribution in [0.5, 0.6) is 0 Å². The Morgan fingerprint density at radius 3 is 2.07 bits per heavy atom. The van der Waals surface area contributed by atoms with Crippen molar-refractivity contribution in [3.63, 3.8) is 0 Å². The van der Waals surface area contributed by atoms with Crippen LogP contribution >= 0.6 is 0 Å². The molecule has 1 saturated heterocycles. The average Bonchev–Trinajstić information content (AvgIpc) is 3.45. The number of likely N-dealkylation sites (tertiary alicyclic amines) is 1. The summed E-state index contributed by atoms with van der Waals surface area (Å²) in [6.07, 6.45) is 3.67. The van der Waals surface area contributed by atoms with Gasteiger partial charge in [-0.3, -0.25) is 4.79 Å². The van der Waals surface area contributed by atoms with E-state index in [4.69, 9.17) is 4.74 Å². The second-order valence-electron chi connectivity index (χ2n) is 11.5. The van der Waals surface area contributed by atoms with E-state index in [9.17, 15) is 9.59 Å². The molecule has 0 radical (unpaired) electrons. The monoisotopic (exact) mass is 553 g/mol. The molecule has 2 fully saturated rings. The lowest BCUT2D eigenvalue weighted by Crippen LogP contribution is -2.48. The van der Waals surface area contributed by atoms with E-state index in [1.807, 2.05) is 84.4 Å². The highest BCUT2D eigenvalue weighted by molar-refractivity contribution is 5.94. The minimum absolute atomic E-state index is 0.0997. The number of rotatable bonds is 9. The summed E-state index contributed by atoms with van der Waals surface area (Å²) in [5, 5.41) is 0. The molecule has 1 unspecified atom stereocenters. The van der Waals surface area contributed by atoms with Gasteiger partial charge in [0.25, 0.3) is 5.91 Å². The highest BCUT2D eigenvalue weighted by atomic mass is 16.6. The van der Waals surface area contributed by atoms with Gasteiger partial charge >= 0.3 is 6.09 Å². The standard InChI is InChI=1S/C35H43N3O3/c1-3-38(35(40)41-26-27-13-7-4-8-14-27)31-19-21-37(22-20-31)25-30-23-32(24-33(30)28-15-9-5-10-16-28)36(2)34(39)29-17-11-6-12-18-29/h4-18,30-33H,3,19-26H2,1-2H3/t30-,32?,33-/m1/s1. The smallest absolute Gasteiger partial charge is 0.410 e. The molecule has 1 saturated carbocycles. The Morgan fingerprint density at radius 2 is 1.44 bits per heavy atom. The zero-order chi connectivity index (χ0) is 28.6. The Morgan fingerprint density at radius 1 is 0.829 bits per heavy atom. The zero-order valence-electron chi connectivity index (χ0n) is 24.4. The van der Waals surface area contributed by atoms with Crippen LogP contribution in [0.2, 0.25) is 0 Å². The molecule has 216 valence electrons. The maximum Gasteiger partial charge on any atom is 0.410 e. The number of ether oxygens (including phenoxy) is 1. The number of benzene rings is 3. The van der Waals surface area contributed by atoms with E-state index in [1.165, 1.54) is 5.56 Å². The molecular formula is C35H43N3O3. The predicted octanol–water partition coefficient (Wildman–Crippen LogP) is 6.44. The number of hydrogen-bond donors (Lipinski definition) is 0. The van der Waals surface area contributed by atoms with E-state index in [-0.39, 0.29) is 24.1 Å². The van der Waals surface area contributed by atoms with Crippen LogP contribution in [0.25, 0.3) is 0 Å². The SMILES string of the molecule is CCN(C(=O)OCc1ccccc1)C1CCN(C[C@H]2CC(N(C)C(=O)c3ccccc3)C[C@@H]2c2ccccc2)CC1. The highest BCUT2D eigenvalue weighted by Gasteiger charge is 2.40. The van der Waals surface area contributed by atoms with E-state index in [0.717, 1.165) is 56.4 Å². The van der Waals surface area contributed by atoms with E-state index >= 15 is 0 Å². The van der Waals surface area contributed by atoms with Gasteiger partial charge in [-0.2, -0.15) is 0 Å². The molecule has 1 aliphatic heterocycles. The first-order valence-corrected chi connectivity index (χ1v) is 15.1. The van der Waals surface area contributed by atoms with E-state index in [2.05, 4.69) is 35.2 Å². The Hall–Kier alpha value is -3.64. The van der Waals surface area contributed by atoms with Crippen LogP contribution in [0.4, 0.5) is 4.79 Å². The molecule has 2 aliphatic rings. The van der Waals surface area contributed by atoms with E-state index in [1.54, 1.807) is 0 Å². The van der Waals surface area contributed by atoms with Crippen LogP contribution < -0.4 is 0 Å². The second kappa shape index (κ2) is 13.8. The van der Waals surface area contributed by atoms with Crippen molar-refractivity contribution in [2.75, 3.05) is 33.2 Å². The molecule has 3 aromatic carbocycles. The van der Waals surface area contributed by atoms with Crippen LogP contribution in [-0.4, -0.2) is 72.0 Å². The Kier molecular flexibility index (Phi) is 9.73. The van der Waals surface area contributed by atoms with Crippen LogP contribution in [0.3, 0.4) is 0 Å². The van der Waals surface area contributed by atoms with Crippen LogP contribution in [-0.2, 0) is 11.3 Å². The molecule has 3 atom stereocenters. The zero-order valence-corrected chi connectivity index (χ0v) is 24.4. The molecule has 1 heterocycles. The molecule has 0 N–H and O–H groups in total. The van der Waals surface area contributed by atoms with Crippen LogP contribution in [0.1, 0.15) is 60.0 Å². The van der Waals surface area contributed by atoms with Gasteiger partial charge in [-0.15, -0.1) is 0 Å². The third-order valence-corrected chi connectivity index (χ3v) is 9.06. The van der Waals surface area contributed by atoms with Gasteiger partial charge in [0.05, 0.1) is 0 Å². The first-order valence-electron chi connectivity index (χ1n) is 15.1. The summed E-state index contributed by atoms with van der Waals surface area (Å²) in [5.41, 5.74) is 3.12. The fourth-order valence-corrected chi connectivity index (χ4v) is 6.76. The number of nitrogens with zero attached hydrogens (tertiary/aromatic N) is 3. The summed E-state index contributed by atoms with van der Waals surface area (Å²) < 4.78 is 5.66. The van der Waals surface area contributed by atoms with Gasteiger partial charge in [-0.25, -0.2) is 4.79 Å². The Labute approximate surface area is 244 Å². The molecule has 1 aliphatic carbocycles. The normalized spacial score (nSPS) is 21.4. The minimum atomic E-state index is -0.219. The lowest BCUT2D eigenvalue weighted by atomic mass is 9.88. The summed E-state index contributed by atoms with van der Waals surface area (Å²) in [4.78, 5) is 32.6. The highest BCUT2D eigenvalue weighted by Crippen LogP contribution is 2.42. The first-order chi connectivity index (χ1) is 20.0. The van der Waals surface area contributed by atoms with Crippen molar-refractivity contribution in [2.24, 2.45) is 5.92 Å². The molecule has 3 aromatic rings. The van der Waals surface area contributed by atoms with Crippen molar-refractivity contribution in [1.82, 2.24) is 14.7 Å². The fourth-order valence-electron chi connectivity index (χ4n) is 6.76. The molecule has 2 amide bonds. The van der Waals surface area contributed by atoms with Gasteiger partial charge in [-0.05, 0) is 67.7 Å². The fraction of sp³-hybridized carbons (Fsp3) is 0.429. The summed E-state index contributed by atoms with van der Waals surface area (Å²) in [5.74, 6) is 0.996. The molecule has 0 aromatic heterocycles. The lowest BCUT2D eigenvalue weighted by molar-refractivity contribution is 0.0595. The number of amides is 2. The van der Waals surface area contributed by atoms with Gasteiger partial charge in [0.1, 0.15) is 6.61 Å². The summed E-state index contributed by atoms with van der Waals surface area (Å²) in [6, 6.07) is 30.7. The number of piperidine rings is 1. The maximum atomic E-state index is 13.3. The van der Waals surface area contributed by atoms with Gasteiger partial charge in [0, 0.05) is 50.9 Å². The van der Waals surface area contributed by atoms with E-state index in [0.29, 0.717) is 25.0 Å². The van der Waals surface area contributed by atoms with Crippen molar-refractivity contribution in [3.8, 4) is 0 Å². The average molecular weight is 554 g/mol.